The number of rotatable bonds is 11. The first-order valence-corrected chi connectivity index (χ1v) is 7.67. The maximum atomic E-state index is 8.67. The first-order valence-electron chi connectivity index (χ1n) is 7.67. The van der Waals surface area contributed by atoms with Crippen molar-refractivity contribution in [1.82, 2.24) is 0 Å². The topological polar surface area (TPSA) is 29.5 Å². The second kappa shape index (κ2) is 11.4. The summed E-state index contributed by atoms with van der Waals surface area (Å²) in [4.78, 5) is 0. The van der Waals surface area contributed by atoms with E-state index < -0.39 is 0 Å². The van der Waals surface area contributed by atoms with Gasteiger partial charge in [-0.25, -0.2) is 0 Å². The average Bonchev–Trinajstić information content (AvgIpc) is 2.50. The van der Waals surface area contributed by atoms with Gasteiger partial charge in [-0.2, -0.15) is 0 Å². The molecule has 110 valence electrons. The van der Waals surface area contributed by atoms with Gasteiger partial charge in [-0.05, 0) is 37.1 Å². The lowest BCUT2D eigenvalue weighted by atomic mass is 10.1. The smallest absolute Gasteiger partial charge is 0.119 e. The Labute approximate surface area is 123 Å². The van der Waals surface area contributed by atoms with Crippen molar-refractivity contribution in [1.29, 1.82) is 0 Å². The number of unbranched alkanes of at least 4 members (excludes halogenated alkanes) is 7. The Hall–Kier alpha value is -1.46. The summed E-state index contributed by atoms with van der Waals surface area (Å²) in [6.07, 6.45) is 14.8. The highest BCUT2D eigenvalue weighted by atomic mass is 16.5. The molecule has 0 unspecified atom stereocenters. The van der Waals surface area contributed by atoms with Crippen LogP contribution in [0.15, 0.2) is 24.3 Å². The molecule has 0 saturated carbocycles. The summed E-state index contributed by atoms with van der Waals surface area (Å²) < 4.78 is 5.67. The molecule has 0 aliphatic carbocycles. The predicted octanol–water partition coefficient (Wildman–Crippen LogP) is 4.16. The fourth-order valence-corrected chi connectivity index (χ4v) is 2.11. The number of aliphatic hydroxyl groups is 1. The third-order valence-corrected chi connectivity index (χ3v) is 3.34. The Morgan fingerprint density at radius 1 is 0.850 bits per heavy atom. The molecule has 20 heavy (non-hydrogen) atoms. The third kappa shape index (κ3) is 7.86. The van der Waals surface area contributed by atoms with Crippen molar-refractivity contribution in [3.05, 3.63) is 29.8 Å². The van der Waals surface area contributed by atoms with Gasteiger partial charge in [0.2, 0.25) is 0 Å². The van der Waals surface area contributed by atoms with Gasteiger partial charge in [0, 0.05) is 12.2 Å². The Morgan fingerprint density at radius 2 is 1.40 bits per heavy atom. The molecule has 1 aromatic carbocycles. The lowest BCUT2D eigenvalue weighted by Crippen LogP contribution is -1.97. The molecule has 0 amide bonds. The minimum Gasteiger partial charge on any atom is -0.494 e. The molecular formula is C18H26O2. The second-order valence-corrected chi connectivity index (χ2v) is 5.07. The summed E-state index contributed by atoms with van der Waals surface area (Å²) in [5.41, 5.74) is 0.888. The van der Waals surface area contributed by atoms with Gasteiger partial charge in [0.1, 0.15) is 5.75 Å². The van der Waals surface area contributed by atoms with Gasteiger partial charge in [0.05, 0.1) is 6.61 Å². The van der Waals surface area contributed by atoms with Gasteiger partial charge in [-0.15, -0.1) is 6.42 Å². The van der Waals surface area contributed by atoms with E-state index in [0.29, 0.717) is 6.61 Å². The van der Waals surface area contributed by atoms with Crippen molar-refractivity contribution in [3.8, 4) is 18.1 Å². The molecule has 1 rings (SSSR count). The molecule has 0 spiro atoms. The summed E-state index contributed by atoms with van der Waals surface area (Å²) in [7, 11) is 0. The van der Waals surface area contributed by atoms with Crippen LogP contribution in [0, 0.1) is 12.3 Å². The Kier molecular flexibility index (Phi) is 9.44. The monoisotopic (exact) mass is 274 g/mol. The zero-order chi connectivity index (χ0) is 14.5. The lowest BCUT2D eigenvalue weighted by molar-refractivity contribution is 0.282. The molecule has 0 saturated heterocycles. The van der Waals surface area contributed by atoms with Crippen LogP contribution in [0.3, 0.4) is 0 Å². The third-order valence-electron chi connectivity index (χ3n) is 3.34. The van der Waals surface area contributed by atoms with E-state index in [-0.39, 0.29) is 0 Å². The van der Waals surface area contributed by atoms with E-state index >= 15 is 0 Å². The zero-order valence-electron chi connectivity index (χ0n) is 12.3. The van der Waals surface area contributed by atoms with Crippen LogP contribution in [-0.2, 0) is 0 Å². The molecule has 0 aliphatic heterocycles. The van der Waals surface area contributed by atoms with E-state index in [4.69, 9.17) is 16.3 Å². The van der Waals surface area contributed by atoms with E-state index in [1.807, 2.05) is 24.3 Å². The standard InChI is InChI=1S/C18H26O2/c1-2-17-11-13-18(14-12-17)20-16-10-8-6-4-3-5-7-9-15-19/h1,11-14,19H,3-10,15-16H2. The summed E-state index contributed by atoms with van der Waals surface area (Å²) >= 11 is 0. The highest BCUT2D eigenvalue weighted by Gasteiger charge is 1.95. The van der Waals surface area contributed by atoms with Gasteiger partial charge in [-0.3, -0.25) is 0 Å². The fraction of sp³-hybridized carbons (Fsp3) is 0.556. The van der Waals surface area contributed by atoms with Gasteiger partial charge in [0.15, 0.2) is 0 Å². The number of ether oxygens (including phenoxy) is 1. The summed E-state index contributed by atoms with van der Waals surface area (Å²) in [6, 6.07) is 7.66. The number of benzene rings is 1. The molecule has 0 aromatic heterocycles. The fourth-order valence-electron chi connectivity index (χ4n) is 2.11. The van der Waals surface area contributed by atoms with Crippen LogP contribution in [0.2, 0.25) is 0 Å². The highest BCUT2D eigenvalue weighted by molar-refractivity contribution is 5.36. The van der Waals surface area contributed by atoms with Crippen molar-refractivity contribution in [3.63, 3.8) is 0 Å². The maximum absolute atomic E-state index is 8.67. The quantitative estimate of drug-likeness (QED) is 0.485. The van der Waals surface area contributed by atoms with Gasteiger partial charge < -0.3 is 9.84 Å². The molecule has 1 aromatic rings. The average molecular weight is 274 g/mol. The van der Waals surface area contributed by atoms with E-state index in [9.17, 15) is 0 Å². The van der Waals surface area contributed by atoms with Crippen LogP contribution in [0.1, 0.15) is 56.9 Å². The summed E-state index contributed by atoms with van der Waals surface area (Å²) in [6.45, 7) is 1.11. The molecule has 0 radical (unpaired) electrons. The Morgan fingerprint density at radius 3 is 1.95 bits per heavy atom. The van der Waals surface area contributed by atoms with E-state index in [1.165, 1.54) is 32.1 Å². The molecular weight excluding hydrogens is 248 g/mol. The van der Waals surface area contributed by atoms with Crippen molar-refractivity contribution in [2.45, 2.75) is 51.4 Å². The Bertz CT molecular complexity index is 375. The van der Waals surface area contributed by atoms with Crippen molar-refractivity contribution in [2.75, 3.05) is 13.2 Å². The predicted molar refractivity (Wildman–Crippen MR) is 83.9 cm³/mol. The lowest BCUT2D eigenvalue weighted by Gasteiger charge is -2.06. The largest absolute Gasteiger partial charge is 0.494 e. The van der Waals surface area contributed by atoms with Crippen LogP contribution >= 0.6 is 0 Å². The van der Waals surface area contributed by atoms with E-state index in [2.05, 4.69) is 5.92 Å². The SMILES string of the molecule is C#Cc1ccc(OCCCCCCCCCCO)cc1. The van der Waals surface area contributed by atoms with Crippen LogP contribution in [0.5, 0.6) is 5.75 Å². The van der Waals surface area contributed by atoms with Crippen molar-refractivity contribution in [2.24, 2.45) is 0 Å². The first-order chi connectivity index (χ1) is 9.86. The second-order valence-electron chi connectivity index (χ2n) is 5.07. The number of hydrogen-bond donors (Lipinski definition) is 1. The molecule has 0 atom stereocenters. The summed E-state index contributed by atoms with van der Waals surface area (Å²) in [5.74, 6) is 3.49. The molecule has 0 heterocycles. The molecule has 2 nitrogen and oxygen atoms in total. The maximum Gasteiger partial charge on any atom is 0.119 e. The zero-order valence-corrected chi connectivity index (χ0v) is 12.3. The van der Waals surface area contributed by atoms with Crippen molar-refractivity contribution < 1.29 is 9.84 Å². The van der Waals surface area contributed by atoms with Gasteiger partial charge >= 0.3 is 0 Å². The Balaban J connectivity index is 1.93. The van der Waals surface area contributed by atoms with Gasteiger partial charge in [0.25, 0.3) is 0 Å². The molecule has 0 bridgehead atoms. The van der Waals surface area contributed by atoms with Crippen molar-refractivity contribution >= 4 is 0 Å². The van der Waals surface area contributed by atoms with Crippen LogP contribution in [0.4, 0.5) is 0 Å². The van der Waals surface area contributed by atoms with Crippen LogP contribution in [0.25, 0.3) is 0 Å². The minimum atomic E-state index is 0.333. The molecule has 1 N–H and O–H groups in total. The highest BCUT2D eigenvalue weighted by Crippen LogP contribution is 2.13. The normalized spacial score (nSPS) is 10.2. The molecule has 2 heteroatoms. The molecule has 0 aliphatic rings. The summed E-state index contributed by atoms with van der Waals surface area (Å²) in [5, 5.41) is 8.67. The van der Waals surface area contributed by atoms with Crippen LogP contribution in [-0.4, -0.2) is 18.3 Å². The van der Waals surface area contributed by atoms with Gasteiger partial charge in [-0.1, -0.05) is 44.4 Å². The first kappa shape index (κ1) is 16.6. The van der Waals surface area contributed by atoms with E-state index in [1.54, 1.807) is 0 Å². The minimum absolute atomic E-state index is 0.333. The number of hydrogen-bond acceptors (Lipinski definition) is 2. The number of aliphatic hydroxyl groups excluding tert-OH is 1. The molecule has 0 fully saturated rings. The van der Waals surface area contributed by atoms with E-state index in [0.717, 1.165) is 37.2 Å². The number of terminal acetylenes is 1. The van der Waals surface area contributed by atoms with Crippen LogP contribution < -0.4 is 4.74 Å².